The van der Waals surface area contributed by atoms with Gasteiger partial charge in [-0.2, -0.15) is 13.2 Å². The number of nitrogens with zero attached hydrogens (tertiary/aromatic N) is 1. The van der Waals surface area contributed by atoms with Crippen LogP contribution in [-0.4, -0.2) is 36.2 Å². The fraction of sp³-hybridized carbons (Fsp3) is 0.667. The number of aryl methyl sites for hydroxylation is 1. The molecular formula is C18H26F3NO. The number of benzene rings is 1. The number of likely N-dealkylation sites (tertiary alicyclic amines) is 1. The highest BCUT2D eigenvalue weighted by molar-refractivity contribution is 5.25. The summed E-state index contributed by atoms with van der Waals surface area (Å²) < 4.78 is 38.2. The van der Waals surface area contributed by atoms with Crippen LogP contribution in [0.15, 0.2) is 24.3 Å². The van der Waals surface area contributed by atoms with Crippen molar-refractivity contribution in [3.05, 3.63) is 35.4 Å². The van der Waals surface area contributed by atoms with Crippen LogP contribution in [0.5, 0.6) is 0 Å². The standard InChI is InChI=1S/C18H26F3NO/c19-18(20,21)17-7-3-5-15(13-17)8-9-16-6-4-11-22(14-16)10-1-2-12-23/h3,5,7,13,16,23H,1-2,4,6,8-12,14H2. The van der Waals surface area contributed by atoms with E-state index in [1.165, 1.54) is 12.1 Å². The lowest BCUT2D eigenvalue weighted by Gasteiger charge is -2.32. The number of aliphatic hydroxyl groups excluding tert-OH is 1. The molecule has 1 fully saturated rings. The zero-order valence-electron chi connectivity index (χ0n) is 13.5. The first-order valence-electron chi connectivity index (χ1n) is 8.48. The maximum Gasteiger partial charge on any atom is 0.416 e. The van der Waals surface area contributed by atoms with Crippen molar-refractivity contribution in [1.82, 2.24) is 4.90 Å². The zero-order chi connectivity index (χ0) is 16.7. The largest absolute Gasteiger partial charge is 0.416 e. The van der Waals surface area contributed by atoms with Crippen LogP contribution in [0.3, 0.4) is 0 Å². The molecule has 0 bridgehead atoms. The summed E-state index contributed by atoms with van der Waals surface area (Å²) in [6.45, 7) is 3.39. The van der Waals surface area contributed by atoms with Gasteiger partial charge in [0.05, 0.1) is 5.56 Å². The molecule has 5 heteroatoms. The maximum atomic E-state index is 12.7. The minimum Gasteiger partial charge on any atom is -0.396 e. The Hall–Kier alpha value is -1.07. The van der Waals surface area contributed by atoms with Crippen LogP contribution in [-0.2, 0) is 12.6 Å². The van der Waals surface area contributed by atoms with Crippen molar-refractivity contribution in [2.75, 3.05) is 26.2 Å². The number of unbranched alkanes of at least 4 members (excludes halogenated alkanes) is 1. The van der Waals surface area contributed by atoms with Crippen LogP contribution >= 0.6 is 0 Å². The van der Waals surface area contributed by atoms with Crippen molar-refractivity contribution in [3.63, 3.8) is 0 Å². The minimum atomic E-state index is -4.26. The van der Waals surface area contributed by atoms with Crippen molar-refractivity contribution in [1.29, 1.82) is 0 Å². The molecule has 2 rings (SSSR count). The molecule has 0 aromatic heterocycles. The molecule has 1 aliphatic heterocycles. The highest BCUT2D eigenvalue weighted by atomic mass is 19.4. The summed E-state index contributed by atoms with van der Waals surface area (Å²) in [4.78, 5) is 2.43. The number of halogens is 3. The van der Waals surface area contributed by atoms with Gasteiger partial charge in [-0.05, 0) is 69.2 Å². The molecule has 1 heterocycles. The second-order valence-electron chi connectivity index (χ2n) is 6.48. The van der Waals surface area contributed by atoms with E-state index in [1.54, 1.807) is 6.07 Å². The Bertz CT molecular complexity index is 476. The van der Waals surface area contributed by atoms with E-state index in [0.717, 1.165) is 63.4 Å². The summed E-state index contributed by atoms with van der Waals surface area (Å²) in [5.41, 5.74) is 0.224. The normalized spacial score (nSPS) is 19.9. The zero-order valence-corrected chi connectivity index (χ0v) is 13.5. The lowest BCUT2D eigenvalue weighted by atomic mass is 9.91. The van der Waals surface area contributed by atoms with E-state index in [2.05, 4.69) is 4.90 Å². The third-order valence-electron chi connectivity index (χ3n) is 4.58. The van der Waals surface area contributed by atoms with Crippen LogP contribution in [0.4, 0.5) is 13.2 Å². The van der Waals surface area contributed by atoms with Crippen LogP contribution < -0.4 is 0 Å². The number of alkyl halides is 3. The summed E-state index contributed by atoms with van der Waals surface area (Å²) in [5.74, 6) is 0.562. The van der Waals surface area contributed by atoms with Crippen molar-refractivity contribution >= 4 is 0 Å². The average molecular weight is 329 g/mol. The molecule has 1 aliphatic rings. The lowest BCUT2D eigenvalue weighted by molar-refractivity contribution is -0.137. The summed E-state index contributed by atoms with van der Waals surface area (Å²) in [6, 6.07) is 5.70. The molecule has 1 saturated heterocycles. The fourth-order valence-electron chi connectivity index (χ4n) is 3.31. The van der Waals surface area contributed by atoms with E-state index < -0.39 is 11.7 Å². The molecule has 23 heavy (non-hydrogen) atoms. The molecule has 2 nitrogen and oxygen atoms in total. The third-order valence-corrected chi connectivity index (χ3v) is 4.58. The Kier molecular flexibility index (Phi) is 6.90. The number of rotatable bonds is 7. The van der Waals surface area contributed by atoms with E-state index in [-0.39, 0.29) is 6.61 Å². The van der Waals surface area contributed by atoms with Gasteiger partial charge in [0.1, 0.15) is 0 Å². The van der Waals surface area contributed by atoms with Gasteiger partial charge in [-0.25, -0.2) is 0 Å². The highest BCUT2D eigenvalue weighted by Gasteiger charge is 2.30. The molecule has 1 aromatic carbocycles. The Balaban J connectivity index is 1.81. The molecular weight excluding hydrogens is 303 g/mol. The molecule has 1 unspecified atom stereocenters. The van der Waals surface area contributed by atoms with Gasteiger partial charge in [0.2, 0.25) is 0 Å². The highest BCUT2D eigenvalue weighted by Crippen LogP contribution is 2.30. The quantitative estimate of drug-likeness (QED) is 0.761. The second-order valence-corrected chi connectivity index (χ2v) is 6.48. The van der Waals surface area contributed by atoms with E-state index in [1.807, 2.05) is 0 Å². The molecule has 1 atom stereocenters. The molecule has 130 valence electrons. The Morgan fingerprint density at radius 3 is 2.78 bits per heavy atom. The summed E-state index contributed by atoms with van der Waals surface area (Å²) in [6.07, 6.45) is 1.56. The van der Waals surface area contributed by atoms with E-state index in [4.69, 9.17) is 5.11 Å². The fourth-order valence-corrected chi connectivity index (χ4v) is 3.31. The Morgan fingerprint density at radius 2 is 2.04 bits per heavy atom. The Morgan fingerprint density at radius 1 is 1.22 bits per heavy atom. The van der Waals surface area contributed by atoms with Gasteiger partial charge in [0.15, 0.2) is 0 Å². The molecule has 0 amide bonds. The van der Waals surface area contributed by atoms with E-state index >= 15 is 0 Å². The molecule has 1 aromatic rings. The lowest BCUT2D eigenvalue weighted by Crippen LogP contribution is -2.36. The number of piperidine rings is 1. The summed E-state index contributed by atoms with van der Waals surface area (Å²) in [5, 5.41) is 8.84. The predicted octanol–water partition coefficient (Wildman–Crippen LogP) is 4.12. The maximum absolute atomic E-state index is 12.7. The van der Waals surface area contributed by atoms with Crippen molar-refractivity contribution in [2.45, 2.75) is 44.7 Å². The number of hydrogen-bond acceptors (Lipinski definition) is 2. The smallest absolute Gasteiger partial charge is 0.396 e. The van der Waals surface area contributed by atoms with Crippen molar-refractivity contribution in [2.24, 2.45) is 5.92 Å². The Labute approximate surface area is 136 Å². The summed E-state index contributed by atoms with van der Waals surface area (Å²) in [7, 11) is 0. The number of aliphatic hydroxyl groups is 1. The van der Waals surface area contributed by atoms with Crippen LogP contribution in [0, 0.1) is 5.92 Å². The van der Waals surface area contributed by atoms with Gasteiger partial charge < -0.3 is 10.0 Å². The van der Waals surface area contributed by atoms with Crippen LogP contribution in [0.25, 0.3) is 0 Å². The third kappa shape index (κ3) is 6.15. The van der Waals surface area contributed by atoms with Crippen molar-refractivity contribution < 1.29 is 18.3 Å². The first kappa shape index (κ1) is 18.3. The molecule has 1 N–H and O–H groups in total. The van der Waals surface area contributed by atoms with Crippen LogP contribution in [0.1, 0.15) is 43.2 Å². The molecule has 0 radical (unpaired) electrons. The van der Waals surface area contributed by atoms with Gasteiger partial charge in [-0.15, -0.1) is 0 Å². The first-order valence-corrected chi connectivity index (χ1v) is 8.48. The van der Waals surface area contributed by atoms with Gasteiger partial charge in [-0.1, -0.05) is 18.2 Å². The van der Waals surface area contributed by atoms with E-state index in [0.29, 0.717) is 12.3 Å². The second kappa shape index (κ2) is 8.69. The monoisotopic (exact) mass is 329 g/mol. The van der Waals surface area contributed by atoms with Gasteiger partial charge in [0, 0.05) is 13.2 Å². The predicted molar refractivity (Wildman–Crippen MR) is 85.2 cm³/mol. The minimum absolute atomic E-state index is 0.243. The van der Waals surface area contributed by atoms with E-state index in [9.17, 15) is 13.2 Å². The first-order chi connectivity index (χ1) is 11.0. The van der Waals surface area contributed by atoms with Gasteiger partial charge >= 0.3 is 6.18 Å². The average Bonchev–Trinajstić information content (AvgIpc) is 2.53. The number of hydrogen-bond donors (Lipinski definition) is 1. The van der Waals surface area contributed by atoms with Crippen LogP contribution in [0.2, 0.25) is 0 Å². The van der Waals surface area contributed by atoms with Crippen molar-refractivity contribution in [3.8, 4) is 0 Å². The molecule has 0 saturated carbocycles. The SMILES string of the molecule is OCCCCN1CCCC(CCc2cccc(C(F)(F)F)c2)C1. The summed E-state index contributed by atoms with van der Waals surface area (Å²) >= 11 is 0. The van der Waals surface area contributed by atoms with Gasteiger partial charge in [-0.3, -0.25) is 0 Å². The van der Waals surface area contributed by atoms with Gasteiger partial charge in [0.25, 0.3) is 0 Å². The molecule has 0 spiro atoms. The topological polar surface area (TPSA) is 23.5 Å². The molecule has 0 aliphatic carbocycles.